The molecule has 0 radical (unpaired) electrons. The molecule has 7 heteroatoms. The molecule has 0 bridgehead atoms. The van der Waals surface area contributed by atoms with Gasteiger partial charge in [0.05, 0.1) is 23.7 Å². The van der Waals surface area contributed by atoms with Gasteiger partial charge in [0.15, 0.2) is 0 Å². The summed E-state index contributed by atoms with van der Waals surface area (Å²) in [4.78, 5) is 8.56. The van der Waals surface area contributed by atoms with E-state index < -0.39 is 11.9 Å². The lowest BCUT2D eigenvalue weighted by molar-refractivity contribution is -0.151. The van der Waals surface area contributed by atoms with Crippen LogP contribution in [0, 0.1) is 0 Å². The number of hydrogen-bond donors (Lipinski definition) is 1. The SMILES string of the molecule is CC1=C=C=CC=C1C(Nc1cnc(-c2c(C(F)(F)F)oc3ccccc23)cn1)=C(C)C. The Bertz CT molecular complexity index is 1320. The summed E-state index contributed by atoms with van der Waals surface area (Å²) in [5.41, 5.74) is 9.74. The Kier molecular flexibility index (Phi) is 5.15. The molecular formula is C24H18F3N3O. The third kappa shape index (κ3) is 3.97. The number of nitrogens with zero attached hydrogens (tertiary/aromatic N) is 2. The van der Waals surface area contributed by atoms with Gasteiger partial charge in [-0.2, -0.15) is 13.2 Å². The van der Waals surface area contributed by atoms with Crippen molar-refractivity contribution in [3.63, 3.8) is 0 Å². The van der Waals surface area contributed by atoms with Gasteiger partial charge in [0, 0.05) is 22.2 Å². The second-order valence-electron chi connectivity index (χ2n) is 7.23. The first-order chi connectivity index (χ1) is 14.8. The van der Waals surface area contributed by atoms with Crippen LogP contribution in [-0.2, 0) is 6.18 Å². The van der Waals surface area contributed by atoms with Gasteiger partial charge in [-0.1, -0.05) is 35.2 Å². The molecule has 156 valence electrons. The molecule has 0 saturated heterocycles. The Morgan fingerprint density at radius 3 is 2.52 bits per heavy atom. The number of para-hydroxylation sites is 1. The zero-order chi connectivity index (χ0) is 22.2. The minimum absolute atomic E-state index is 0.0837. The predicted molar refractivity (Wildman–Crippen MR) is 113 cm³/mol. The van der Waals surface area contributed by atoms with E-state index in [4.69, 9.17) is 4.42 Å². The fourth-order valence-corrected chi connectivity index (χ4v) is 3.35. The second kappa shape index (κ2) is 7.80. The summed E-state index contributed by atoms with van der Waals surface area (Å²) in [5, 5.41) is 3.55. The number of anilines is 1. The highest BCUT2D eigenvalue weighted by Crippen LogP contribution is 2.42. The molecule has 0 amide bonds. The molecule has 1 aromatic carbocycles. The van der Waals surface area contributed by atoms with Gasteiger partial charge in [-0.05, 0) is 39.0 Å². The fraction of sp³-hybridized carbons (Fsp3) is 0.167. The van der Waals surface area contributed by atoms with Crippen LogP contribution in [0.1, 0.15) is 26.5 Å². The van der Waals surface area contributed by atoms with Gasteiger partial charge in [0.1, 0.15) is 11.4 Å². The lowest BCUT2D eigenvalue weighted by Gasteiger charge is -2.16. The number of alkyl halides is 3. The lowest BCUT2D eigenvalue weighted by Crippen LogP contribution is -2.08. The summed E-state index contributed by atoms with van der Waals surface area (Å²) >= 11 is 0. The first-order valence-electron chi connectivity index (χ1n) is 9.50. The van der Waals surface area contributed by atoms with Crippen LogP contribution in [0.15, 0.2) is 87.1 Å². The summed E-state index contributed by atoms with van der Waals surface area (Å²) in [7, 11) is 0. The van der Waals surface area contributed by atoms with E-state index in [1.54, 1.807) is 24.3 Å². The fourth-order valence-electron chi connectivity index (χ4n) is 3.35. The maximum atomic E-state index is 13.6. The van der Waals surface area contributed by atoms with E-state index in [1.165, 1.54) is 18.5 Å². The number of nitrogens with one attached hydrogen (secondary N) is 1. The van der Waals surface area contributed by atoms with E-state index >= 15 is 0 Å². The average Bonchev–Trinajstić information content (AvgIpc) is 3.13. The van der Waals surface area contributed by atoms with Crippen molar-refractivity contribution in [2.75, 3.05) is 5.32 Å². The quantitative estimate of drug-likeness (QED) is 0.470. The molecule has 1 N–H and O–H groups in total. The third-order valence-corrected chi connectivity index (χ3v) is 4.78. The van der Waals surface area contributed by atoms with Crippen LogP contribution in [0.2, 0.25) is 0 Å². The number of allylic oxidation sites excluding steroid dienone is 4. The minimum atomic E-state index is -4.65. The van der Waals surface area contributed by atoms with E-state index in [2.05, 4.69) is 26.7 Å². The number of furan rings is 1. The molecule has 0 aliphatic heterocycles. The van der Waals surface area contributed by atoms with Gasteiger partial charge in [0.25, 0.3) is 0 Å². The summed E-state index contributed by atoms with van der Waals surface area (Å²) in [6.07, 6.45) is 1.75. The molecular weight excluding hydrogens is 403 g/mol. The van der Waals surface area contributed by atoms with Gasteiger partial charge in [-0.15, -0.1) is 0 Å². The highest BCUT2D eigenvalue weighted by molar-refractivity contribution is 5.94. The third-order valence-electron chi connectivity index (χ3n) is 4.78. The van der Waals surface area contributed by atoms with Crippen LogP contribution >= 0.6 is 0 Å². The number of hydrogen-bond acceptors (Lipinski definition) is 4. The van der Waals surface area contributed by atoms with Crippen molar-refractivity contribution in [1.82, 2.24) is 9.97 Å². The Morgan fingerprint density at radius 1 is 1.10 bits per heavy atom. The molecule has 4 nitrogen and oxygen atoms in total. The van der Waals surface area contributed by atoms with Gasteiger partial charge in [-0.25, -0.2) is 4.98 Å². The largest absolute Gasteiger partial charge is 0.451 e. The molecule has 0 unspecified atom stereocenters. The molecule has 2 aromatic heterocycles. The Balaban J connectivity index is 1.72. The highest BCUT2D eigenvalue weighted by atomic mass is 19.4. The predicted octanol–water partition coefficient (Wildman–Crippen LogP) is 6.81. The molecule has 1 aliphatic carbocycles. The van der Waals surface area contributed by atoms with Crippen molar-refractivity contribution >= 4 is 16.8 Å². The van der Waals surface area contributed by atoms with Gasteiger partial charge in [0.2, 0.25) is 5.76 Å². The van der Waals surface area contributed by atoms with E-state index in [1.807, 2.05) is 26.8 Å². The van der Waals surface area contributed by atoms with Crippen molar-refractivity contribution in [1.29, 1.82) is 0 Å². The molecule has 0 spiro atoms. The average molecular weight is 421 g/mol. The number of benzene rings is 1. The zero-order valence-electron chi connectivity index (χ0n) is 17.1. The molecule has 1 aliphatic rings. The van der Waals surface area contributed by atoms with Crippen LogP contribution in [-0.4, -0.2) is 9.97 Å². The molecule has 2 heterocycles. The summed E-state index contributed by atoms with van der Waals surface area (Å²) in [6, 6.07) is 6.35. The lowest BCUT2D eigenvalue weighted by atomic mass is 9.99. The highest BCUT2D eigenvalue weighted by Gasteiger charge is 2.40. The number of aromatic nitrogens is 2. The molecule has 4 rings (SSSR count). The van der Waals surface area contributed by atoms with Crippen molar-refractivity contribution in [2.45, 2.75) is 26.9 Å². The Labute approximate surface area is 176 Å². The topological polar surface area (TPSA) is 51.0 Å². The van der Waals surface area contributed by atoms with E-state index in [-0.39, 0.29) is 16.8 Å². The zero-order valence-corrected chi connectivity index (χ0v) is 17.1. The van der Waals surface area contributed by atoms with Crippen LogP contribution in [0.25, 0.3) is 22.2 Å². The standard InChI is InChI=1S/C24H18F3N3O/c1-14(2)22(16-9-5-4-8-15(16)3)30-20-13-28-18(12-29-20)21-17-10-6-7-11-19(17)31-23(21)24(25,26)27/h5-7,9-13H,1-3H3,(H,29,30). The molecule has 31 heavy (non-hydrogen) atoms. The van der Waals surface area contributed by atoms with Crippen molar-refractivity contribution < 1.29 is 17.6 Å². The molecule has 0 saturated carbocycles. The first-order valence-corrected chi connectivity index (χ1v) is 9.50. The van der Waals surface area contributed by atoms with Crippen LogP contribution in [0.5, 0.6) is 0 Å². The van der Waals surface area contributed by atoms with Crippen LogP contribution in [0.3, 0.4) is 0 Å². The second-order valence-corrected chi connectivity index (χ2v) is 7.23. The first kappa shape index (κ1) is 20.5. The molecule has 3 aromatic rings. The number of fused-ring (bicyclic) bond motifs is 1. The minimum Gasteiger partial charge on any atom is -0.451 e. The van der Waals surface area contributed by atoms with Gasteiger partial charge < -0.3 is 9.73 Å². The maximum absolute atomic E-state index is 13.6. The Morgan fingerprint density at radius 2 is 1.87 bits per heavy atom. The number of halogens is 3. The van der Waals surface area contributed by atoms with Gasteiger partial charge in [-0.3, -0.25) is 4.98 Å². The van der Waals surface area contributed by atoms with E-state index in [0.29, 0.717) is 11.2 Å². The van der Waals surface area contributed by atoms with E-state index in [0.717, 1.165) is 22.4 Å². The van der Waals surface area contributed by atoms with Crippen molar-refractivity contribution in [3.05, 3.63) is 88.5 Å². The summed E-state index contributed by atoms with van der Waals surface area (Å²) < 4.78 is 45.8. The Hall–Kier alpha value is -3.79. The normalized spacial score (nSPS) is 13.2. The van der Waals surface area contributed by atoms with Crippen molar-refractivity contribution in [2.24, 2.45) is 0 Å². The molecule has 0 atom stereocenters. The maximum Gasteiger partial charge on any atom is 0.450 e. The van der Waals surface area contributed by atoms with Crippen LogP contribution in [0.4, 0.5) is 19.0 Å². The van der Waals surface area contributed by atoms with Gasteiger partial charge >= 0.3 is 6.18 Å². The smallest absolute Gasteiger partial charge is 0.450 e. The van der Waals surface area contributed by atoms with E-state index in [9.17, 15) is 13.2 Å². The molecule has 0 fully saturated rings. The number of rotatable bonds is 4. The van der Waals surface area contributed by atoms with Crippen molar-refractivity contribution in [3.8, 4) is 11.3 Å². The monoisotopic (exact) mass is 421 g/mol. The summed E-state index contributed by atoms with van der Waals surface area (Å²) in [5.74, 6) is -0.672. The van der Waals surface area contributed by atoms with Crippen LogP contribution < -0.4 is 5.32 Å². The summed E-state index contributed by atoms with van der Waals surface area (Å²) in [6.45, 7) is 5.83.